The molecule has 0 aromatic rings. The van der Waals surface area contributed by atoms with Crippen LogP contribution in [-0.4, -0.2) is 29.7 Å². The maximum atomic E-state index is 11.4. The minimum atomic E-state index is -1.36. The Kier molecular flexibility index (Phi) is 4.27. The summed E-state index contributed by atoms with van der Waals surface area (Å²) in [7, 11) is 1.20. The third kappa shape index (κ3) is 4.59. The lowest BCUT2D eigenvalue weighted by Crippen LogP contribution is -2.27. The molecular weight excluding hydrogens is 186 g/mol. The number of oxime groups is 1. The van der Waals surface area contributed by atoms with E-state index in [-0.39, 0.29) is 11.8 Å². The molecule has 0 saturated heterocycles. The van der Waals surface area contributed by atoms with E-state index in [1.807, 2.05) is 20.8 Å². The first-order valence-corrected chi connectivity index (χ1v) is 4.15. The fourth-order valence-electron chi connectivity index (χ4n) is 0.866. The van der Waals surface area contributed by atoms with Gasteiger partial charge in [-0.25, -0.2) is 4.79 Å². The van der Waals surface area contributed by atoms with Gasteiger partial charge >= 0.3 is 5.97 Å². The van der Waals surface area contributed by atoms with Crippen molar-refractivity contribution in [2.45, 2.75) is 27.2 Å². The molecule has 0 aliphatic heterocycles. The fraction of sp³-hybridized carbons (Fsp3) is 0.667. The van der Waals surface area contributed by atoms with Gasteiger partial charge in [0.15, 0.2) is 5.78 Å². The van der Waals surface area contributed by atoms with Crippen LogP contribution in [0.3, 0.4) is 0 Å². The molecular formula is C9H15NO4. The Morgan fingerprint density at radius 3 is 2.14 bits per heavy atom. The summed E-state index contributed by atoms with van der Waals surface area (Å²) in [6, 6.07) is 0. The molecule has 80 valence electrons. The second-order valence-electron chi connectivity index (χ2n) is 4.09. The molecule has 0 aromatic carbocycles. The number of carbonyl (C=O) groups excluding carboxylic acids is 1. The molecule has 5 heteroatoms. The predicted molar refractivity (Wildman–Crippen MR) is 51.2 cm³/mol. The Labute approximate surface area is 82.7 Å². The SMILES string of the molecule is CON=C(C(=O)O)C(=O)CC(C)(C)C. The molecule has 0 heterocycles. The molecule has 0 aromatic heterocycles. The number of ketones is 1. The highest BCUT2D eigenvalue weighted by Crippen LogP contribution is 2.19. The van der Waals surface area contributed by atoms with Crippen molar-refractivity contribution in [1.29, 1.82) is 0 Å². The van der Waals surface area contributed by atoms with Crippen molar-refractivity contribution in [3.63, 3.8) is 0 Å². The molecule has 0 saturated carbocycles. The third-order valence-electron chi connectivity index (χ3n) is 1.34. The minimum absolute atomic E-state index is 0.126. The van der Waals surface area contributed by atoms with Crippen molar-refractivity contribution < 1.29 is 19.5 Å². The molecule has 0 unspecified atom stereocenters. The quantitative estimate of drug-likeness (QED) is 0.419. The summed E-state index contributed by atoms with van der Waals surface area (Å²) in [6.45, 7) is 5.53. The molecule has 1 N–H and O–H groups in total. The molecule has 5 nitrogen and oxygen atoms in total. The van der Waals surface area contributed by atoms with Crippen molar-refractivity contribution in [3.8, 4) is 0 Å². The molecule has 0 atom stereocenters. The highest BCUT2D eigenvalue weighted by molar-refractivity contribution is 6.63. The van der Waals surface area contributed by atoms with Crippen molar-refractivity contribution in [2.75, 3.05) is 7.11 Å². The molecule has 0 radical (unpaired) electrons. The number of aliphatic carboxylic acids is 1. The van der Waals surface area contributed by atoms with Gasteiger partial charge in [0.25, 0.3) is 0 Å². The molecule has 0 aliphatic carbocycles. The van der Waals surface area contributed by atoms with Gasteiger partial charge in [0.05, 0.1) is 0 Å². The predicted octanol–water partition coefficient (Wildman–Crippen LogP) is 1.08. The van der Waals surface area contributed by atoms with Crippen LogP contribution >= 0.6 is 0 Å². The largest absolute Gasteiger partial charge is 0.476 e. The van der Waals surface area contributed by atoms with Crippen molar-refractivity contribution in [2.24, 2.45) is 10.6 Å². The Morgan fingerprint density at radius 1 is 1.36 bits per heavy atom. The Balaban J connectivity index is 4.64. The van der Waals surface area contributed by atoms with E-state index in [2.05, 4.69) is 9.99 Å². The zero-order valence-corrected chi connectivity index (χ0v) is 8.83. The summed E-state index contributed by atoms with van der Waals surface area (Å²) < 4.78 is 0. The van der Waals surface area contributed by atoms with Gasteiger partial charge in [-0.3, -0.25) is 4.79 Å². The average Bonchev–Trinajstić information content (AvgIpc) is 1.95. The van der Waals surface area contributed by atoms with E-state index in [1.54, 1.807) is 0 Å². The van der Waals surface area contributed by atoms with Crippen LogP contribution in [0, 0.1) is 5.41 Å². The van der Waals surface area contributed by atoms with Crippen LogP contribution in [0.25, 0.3) is 0 Å². The second kappa shape index (κ2) is 4.74. The van der Waals surface area contributed by atoms with Gasteiger partial charge in [-0.05, 0) is 5.41 Å². The monoisotopic (exact) mass is 201 g/mol. The summed E-state index contributed by atoms with van der Waals surface area (Å²) >= 11 is 0. The van der Waals surface area contributed by atoms with E-state index in [0.717, 1.165) is 0 Å². The molecule has 0 amide bonds. The minimum Gasteiger partial charge on any atom is -0.476 e. The number of carboxylic acid groups (broad SMARTS) is 1. The van der Waals surface area contributed by atoms with Gasteiger partial charge in [-0.15, -0.1) is 0 Å². The number of hydrogen-bond acceptors (Lipinski definition) is 4. The maximum absolute atomic E-state index is 11.4. The smallest absolute Gasteiger partial charge is 0.361 e. The van der Waals surface area contributed by atoms with Crippen molar-refractivity contribution in [1.82, 2.24) is 0 Å². The van der Waals surface area contributed by atoms with E-state index >= 15 is 0 Å². The Morgan fingerprint density at radius 2 is 1.86 bits per heavy atom. The summed E-state index contributed by atoms with van der Waals surface area (Å²) in [5.41, 5.74) is -0.816. The first-order valence-electron chi connectivity index (χ1n) is 4.15. The van der Waals surface area contributed by atoms with E-state index in [9.17, 15) is 9.59 Å². The lowest BCUT2D eigenvalue weighted by molar-refractivity contribution is -0.130. The molecule has 0 spiro atoms. The third-order valence-corrected chi connectivity index (χ3v) is 1.34. The number of Topliss-reactive ketones (excluding diaryl/α,β-unsaturated/α-hetero) is 1. The highest BCUT2D eigenvalue weighted by atomic mass is 16.6. The number of hydrogen-bond donors (Lipinski definition) is 1. The number of carbonyl (C=O) groups is 2. The van der Waals surface area contributed by atoms with Gasteiger partial charge < -0.3 is 9.94 Å². The van der Waals surface area contributed by atoms with Crippen LogP contribution in [0.4, 0.5) is 0 Å². The number of nitrogens with zero attached hydrogens (tertiary/aromatic N) is 1. The Bertz CT molecular complexity index is 262. The van der Waals surface area contributed by atoms with Crippen LogP contribution in [0.2, 0.25) is 0 Å². The summed E-state index contributed by atoms with van der Waals surface area (Å²) in [5.74, 6) is -1.88. The van der Waals surface area contributed by atoms with Crippen LogP contribution in [-0.2, 0) is 14.4 Å². The standard InChI is InChI=1S/C9H15NO4/c1-9(2,3)5-6(11)7(8(12)13)10-14-4/h5H2,1-4H3,(H,12,13). The second-order valence-corrected chi connectivity index (χ2v) is 4.09. The zero-order chi connectivity index (χ0) is 11.4. The zero-order valence-electron chi connectivity index (χ0n) is 8.83. The summed E-state index contributed by atoms with van der Waals surface area (Å²) in [5, 5.41) is 11.8. The van der Waals surface area contributed by atoms with Crippen LogP contribution in [0.15, 0.2) is 5.16 Å². The van der Waals surface area contributed by atoms with Crippen molar-refractivity contribution in [3.05, 3.63) is 0 Å². The van der Waals surface area contributed by atoms with E-state index in [0.29, 0.717) is 0 Å². The normalized spacial score (nSPS) is 12.4. The first-order chi connectivity index (χ1) is 6.28. The van der Waals surface area contributed by atoms with Crippen LogP contribution in [0.1, 0.15) is 27.2 Å². The van der Waals surface area contributed by atoms with E-state index in [4.69, 9.17) is 5.11 Å². The van der Waals surface area contributed by atoms with E-state index < -0.39 is 17.5 Å². The van der Waals surface area contributed by atoms with Crippen LogP contribution < -0.4 is 0 Å². The lowest BCUT2D eigenvalue weighted by atomic mass is 9.89. The number of carboxylic acids is 1. The molecule has 0 aliphatic rings. The topological polar surface area (TPSA) is 76.0 Å². The maximum Gasteiger partial charge on any atom is 0.361 e. The summed E-state index contributed by atoms with van der Waals surface area (Å²) in [4.78, 5) is 26.3. The summed E-state index contributed by atoms with van der Waals surface area (Å²) in [6.07, 6.45) is 0.126. The average molecular weight is 201 g/mol. The van der Waals surface area contributed by atoms with Crippen molar-refractivity contribution >= 4 is 17.5 Å². The van der Waals surface area contributed by atoms with Gasteiger partial charge in [-0.1, -0.05) is 25.9 Å². The fourth-order valence-corrected chi connectivity index (χ4v) is 0.866. The first kappa shape index (κ1) is 12.6. The highest BCUT2D eigenvalue weighted by Gasteiger charge is 2.25. The van der Waals surface area contributed by atoms with Crippen LogP contribution in [0.5, 0.6) is 0 Å². The number of rotatable bonds is 4. The lowest BCUT2D eigenvalue weighted by Gasteiger charge is -2.15. The van der Waals surface area contributed by atoms with Gasteiger partial charge in [-0.2, -0.15) is 0 Å². The van der Waals surface area contributed by atoms with Gasteiger partial charge in [0.1, 0.15) is 7.11 Å². The molecule has 0 rings (SSSR count). The van der Waals surface area contributed by atoms with Gasteiger partial charge in [0, 0.05) is 6.42 Å². The molecule has 0 fully saturated rings. The van der Waals surface area contributed by atoms with Gasteiger partial charge in [0.2, 0.25) is 5.71 Å². The molecule has 14 heavy (non-hydrogen) atoms. The Hall–Kier alpha value is -1.39. The van der Waals surface area contributed by atoms with E-state index in [1.165, 1.54) is 7.11 Å². The molecule has 0 bridgehead atoms.